The van der Waals surface area contributed by atoms with Gasteiger partial charge in [0.1, 0.15) is 11.6 Å². The van der Waals surface area contributed by atoms with Gasteiger partial charge in [0.2, 0.25) is 0 Å². The third kappa shape index (κ3) is 3.51. The number of nitrogens with one attached hydrogen (secondary N) is 2. The first kappa shape index (κ1) is 15.7. The first-order valence-electron chi connectivity index (χ1n) is 6.84. The number of aromatic nitrogens is 3. The molecule has 3 rings (SSSR count). The Morgan fingerprint density at radius 3 is 2.81 bits per heavy atom. The molecule has 7 heteroatoms. The van der Waals surface area contributed by atoms with Crippen LogP contribution >= 0.6 is 12.4 Å². The fourth-order valence-electron chi connectivity index (χ4n) is 2.69. The second kappa shape index (κ2) is 6.87. The van der Waals surface area contributed by atoms with Crippen LogP contribution in [0.1, 0.15) is 30.1 Å². The van der Waals surface area contributed by atoms with Gasteiger partial charge in [-0.3, -0.25) is 4.57 Å². The summed E-state index contributed by atoms with van der Waals surface area (Å²) in [5.41, 5.74) is 0.534. The lowest BCUT2D eigenvalue weighted by Crippen LogP contribution is -2.29. The Bertz CT molecular complexity index is 648. The summed E-state index contributed by atoms with van der Waals surface area (Å²) in [6, 6.07) is 6.32. The van der Waals surface area contributed by atoms with Gasteiger partial charge in [0, 0.05) is 5.92 Å². The molecule has 0 unspecified atom stereocenters. The molecule has 0 spiro atoms. The van der Waals surface area contributed by atoms with Crippen molar-refractivity contribution in [3.8, 4) is 0 Å². The highest BCUT2D eigenvalue weighted by Gasteiger charge is 2.21. The zero-order valence-corrected chi connectivity index (χ0v) is 12.3. The molecule has 0 radical (unpaired) electrons. The lowest BCUT2D eigenvalue weighted by molar-refractivity contribution is 0.432. The van der Waals surface area contributed by atoms with E-state index in [1.54, 1.807) is 10.6 Å². The second-order valence-corrected chi connectivity index (χ2v) is 5.13. The Labute approximate surface area is 128 Å². The van der Waals surface area contributed by atoms with Gasteiger partial charge in [-0.1, -0.05) is 12.1 Å². The number of hydrogen-bond donors (Lipinski definition) is 2. The number of hydrogen-bond acceptors (Lipinski definition) is 3. The average Bonchev–Trinajstić information content (AvgIpc) is 2.81. The molecule has 1 saturated heterocycles. The second-order valence-electron chi connectivity index (χ2n) is 5.13. The molecule has 0 atom stereocenters. The predicted molar refractivity (Wildman–Crippen MR) is 80.4 cm³/mol. The maximum atomic E-state index is 13.2. The van der Waals surface area contributed by atoms with Gasteiger partial charge in [0.25, 0.3) is 0 Å². The van der Waals surface area contributed by atoms with Crippen LogP contribution in [0.4, 0.5) is 4.39 Å². The van der Waals surface area contributed by atoms with E-state index in [1.165, 1.54) is 12.1 Å². The molecule has 2 N–H and O–H groups in total. The van der Waals surface area contributed by atoms with E-state index in [-0.39, 0.29) is 29.8 Å². The summed E-state index contributed by atoms with van der Waals surface area (Å²) in [5, 5.41) is 9.97. The van der Waals surface area contributed by atoms with Gasteiger partial charge in [-0.2, -0.15) is 5.10 Å². The minimum absolute atomic E-state index is 0. The minimum atomic E-state index is -0.289. The first-order valence-corrected chi connectivity index (χ1v) is 6.84. The summed E-state index contributed by atoms with van der Waals surface area (Å²) in [6.07, 6.45) is 1.93. The van der Waals surface area contributed by atoms with Crippen molar-refractivity contribution in [1.82, 2.24) is 20.1 Å². The number of halogens is 2. The fraction of sp³-hybridized carbons (Fsp3) is 0.429. The molecule has 0 aliphatic carbocycles. The maximum absolute atomic E-state index is 13.2. The highest BCUT2D eigenvalue weighted by molar-refractivity contribution is 5.85. The van der Waals surface area contributed by atoms with Gasteiger partial charge in [0.05, 0.1) is 6.54 Å². The van der Waals surface area contributed by atoms with E-state index < -0.39 is 0 Å². The van der Waals surface area contributed by atoms with Crippen molar-refractivity contribution < 1.29 is 4.39 Å². The highest BCUT2D eigenvalue weighted by atomic mass is 35.5. The third-order valence-electron chi connectivity index (χ3n) is 3.72. The van der Waals surface area contributed by atoms with Crippen molar-refractivity contribution in [2.45, 2.75) is 25.3 Å². The van der Waals surface area contributed by atoms with Gasteiger partial charge in [-0.15, -0.1) is 12.4 Å². The molecule has 0 amide bonds. The van der Waals surface area contributed by atoms with Crippen LogP contribution in [0.5, 0.6) is 0 Å². The lowest BCUT2D eigenvalue weighted by atomic mass is 9.97. The van der Waals surface area contributed by atoms with E-state index in [0.717, 1.165) is 37.3 Å². The van der Waals surface area contributed by atoms with Crippen LogP contribution in [0.15, 0.2) is 29.1 Å². The van der Waals surface area contributed by atoms with Crippen molar-refractivity contribution in [1.29, 1.82) is 0 Å². The van der Waals surface area contributed by atoms with Crippen molar-refractivity contribution in [3.05, 3.63) is 52.0 Å². The van der Waals surface area contributed by atoms with Gasteiger partial charge >= 0.3 is 5.69 Å². The summed E-state index contributed by atoms with van der Waals surface area (Å²) < 4.78 is 14.8. The molecule has 1 aromatic carbocycles. The Hall–Kier alpha value is -1.66. The summed E-state index contributed by atoms with van der Waals surface area (Å²) in [7, 11) is 0. The Balaban J connectivity index is 0.00000161. The first-order chi connectivity index (χ1) is 9.74. The van der Waals surface area contributed by atoms with Crippen LogP contribution in [-0.2, 0) is 6.54 Å². The highest BCUT2D eigenvalue weighted by Crippen LogP contribution is 2.22. The van der Waals surface area contributed by atoms with Crippen molar-refractivity contribution >= 4 is 12.4 Å². The molecule has 0 bridgehead atoms. The Morgan fingerprint density at radius 1 is 1.33 bits per heavy atom. The Kier molecular flexibility index (Phi) is 5.14. The number of rotatable bonds is 3. The molecule has 0 saturated carbocycles. The normalized spacial score (nSPS) is 15.7. The van der Waals surface area contributed by atoms with Crippen LogP contribution in [0, 0.1) is 5.82 Å². The van der Waals surface area contributed by atoms with E-state index >= 15 is 0 Å². The standard InChI is InChI=1S/C14H17FN4O.ClH/c15-12-3-1-2-10(8-12)9-19-13(17-18-14(19)20)11-4-6-16-7-5-11;/h1-3,8,11,16H,4-7,9H2,(H,18,20);1H. The van der Waals surface area contributed by atoms with E-state index in [2.05, 4.69) is 15.5 Å². The monoisotopic (exact) mass is 312 g/mol. The van der Waals surface area contributed by atoms with Gasteiger partial charge < -0.3 is 5.32 Å². The zero-order valence-electron chi connectivity index (χ0n) is 11.5. The quantitative estimate of drug-likeness (QED) is 0.906. The SMILES string of the molecule is Cl.O=c1[nH]nc(C2CCNCC2)n1Cc1cccc(F)c1. The van der Waals surface area contributed by atoms with Crippen molar-refractivity contribution in [2.75, 3.05) is 13.1 Å². The number of nitrogens with zero attached hydrogens (tertiary/aromatic N) is 2. The topological polar surface area (TPSA) is 62.7 Å². The van der Waals surface area contributed by atoms with Crippen LogP contribution in [-0.4, -0.2) is 27.9 Å². The number of piperidine rings is 1. The fourth-order valence-corrected chi connectivity index (χ4v) is 2.69. The summed E-state index contributed by atoms with van der Waals surface area (Å²) in [4.78, 5) is 11.9. The van der Waals surface area contributed by atoms with Crippen LogP contribution in [0.25, 0.3) is 0 Å². The summed E-state index contributed by atoms with van der Waals surface area (Å²) in [6.45, 7) is 2.23. The lowest BCUT2D eigenvalue weighted by Gasteiger charge is -2.22. The van der Waals surface area contributed by atoms with E-state index in [0.29, 0.717) is 6.54 Å². The zero-order chi connectivity index (χ0) is 13.9. The van der Waals surface area contributed by atoms with Crippen molar-refractivity contribution in [2.24, 2.45) is 0 Å². The largest absolute Gasteiger partial charge is 0.343 e. The maximum Gasteiger partial charge on any atom is 0.343 e. The molecule has 1 aromatic heterocycles. The molecule has 2 heterocycles. The molecular formula is C14H18ClFN4O. The molecule has 1 aliphatic heterocycles. The van der Waals surface area contributed by atoms with E-state index in [9.17, 15) is 9.18 Å². The number of aromatic amines is 1. The van der Waals surface area contributed by atoms with Gasteiger partial charge in [0.15, 0.2) is 0 Å². The predicted octanol–water partition coefficient (Wildman–Crippen LogP) is 1.65. The van der Waals surface area contributed by atoms with Crippen LogP contribution in [0.3, 0.4) is 0 Å². The molecule has 1 fully saturated rings. The summed E-state index contributed by atoms with van der Waals surface area (Å²) >= 11 is 0. The Morgan fingerprint density at radius 2 is 2.10 bits per heavy atom. The smallest absolute Gasteiger partial charge is 0.317 e. The van der Waals surface area contributed by atoms with E-state index in [4.69, 9.17) is 0 Å². The van der Waals surface area contributed by atoms with Gasteiger partial charge in [-0.25, -0.2) is 14.3 Å². The number of H-pyrrole nitrogens is 1. The molecule has 1 aliphatic rings. The van der Waals surface area contributed by atoms with Crippen LogP contribution in [0.2, 0.25) is 0 Å². The molecule has 21 heavy (non-hydrogen) atoms. The average molecular weight is 313 g/mol. The summed E-state index contributed by atoms with van der Waals surface area (Å²) in [5.74, 6) is 0.770. The molecular weight excluding hydrogens is 295 g/mol. The molecule has 2 aromatic rings. The van der Waals surface area contributed by atoms with Crippen molar-refractivity contribution in [3.63, 3.8) is 0 Å². The van der Waals surface area contributed by atoms with Crippen LogP contribution < -0.4 is 11.0 Å². The third-order valence-corrected chi connectivity index (χ3v) is 3.72. The van der Waals surface area contributed by atoms with E-state index in [1.807, 2.05) is 6.07 Å². The number of benzene rings is 1. The molecule has 5 nitrogen and oxygen atoms in total. The molecule has 114 valence electrons. The minimum Gasteiger partial charge on any atom is -0.317 e. The van der Waals surface area contributed by atoms with Gasteiger partial charge in [-0.05, 0) is 43.6 Å².